The van der Waals surface area contributed by atoms with E-state index in [1.165, 1.54) is 5.56 Å². The Bertz CT molecular complexity index is 844. The molecule has 0 N–H and O–H groups in total. The summed E-state index contributed by atoms with van der Waals surface area (Å²) >= 11 is 0. The molecule has 28 heavy (non-hydrogen) atoms. The maximum absolute atomic E-state index is 13.1. The van der Waals surface area contributed by atoms with Gasteiger partial charge in [-0.2, -0.15) is 0 Å². The molecule has 2 aromatic rings. The van der Waals surface area contributed by atoms with Gasteiger partial charge in [0.25, 0.3) is 5.91 Å². The van der Waals surface area contributed by atoms with Crippen molar-refractivity contribution in [2.45, 2.75) is 25.8 Å². The highest BCUT2D eigenvalue weighted by Crippen LogP contribution is 2.30. The normalized spacial score (nSPS) is 20.0. The topological polar surface area (TPSA) is 43.9 Å². The number of piperazine rings is 1. The van der Waals surface area contributed by atoms with Crippen LogP contribution in [0, 0.1) is 0 Å². The molecule has 0 radical (unpaired) electrons. The first-order valence-electron chi connectivity index (χ1n) is 10.1. The molecule has 2 aliphatic heterocycles. The SMILES string of the molecule is CC1CCc2ccccc2N1C(=O)CN1CCN(C(=O)c2ccccc2)CC1. The maximum atomic E-state index is 13.1. The van der Waals surface area contributed by atoms with E-state index in [4.69, 9.17) is 0 Å². The number of benzene rings is 2. The van der Waals surface area contributed by atoms with Gasteiger partial charge in [0.05, 0.1) is 6.54 Å². The lowest BCUT2D eigenvalue weighted by molar-refractivity contribution is -0.120. The number of fused-ring (bicyclic) bond motifs is 1. The summed E-state index contributed by atoms with van der Waals surface area (Å²) in [6.45, 7) is 5.32. The van der Waals surface area contributed by atoms with Crippen LogP contribution in [0.25, 0.3) is 0 Å². The summed E-state index contributed by atoms with van der Waals surface area (Å²) in [5, 5.41) is 0. The molecule has 0 aromatic heterocycles. The second-order valence-corrected chi connectivity index (χ2v) is 7.71. The quantitative estimate of drug-likeness (QED) is 0.826. The number of amides is 2. The van der Waals surface area contributed by atoms with Crippen molar-refractivity contribution >= 4 is 17.5 Å². The minimum atomic E-state index is 0.0742. The van der Waals surface area contributed by atoms with Crippen LogP contribution in [0.2, 0.25) is 0 Å². The molecule has 2 aromatic carbocycles. The van der Waals surface area contributed by atoms with Crippen LogP contribution in [-0.4, -0.2) is 60.4 Å². The molecule has 0 spiro atoms. The summed E-state index contributed by atoms with van der Waals surface area (Å²) in [4.78, 5) is 31.7. The number of nitrogens with zero attached hydrogens (tertiary/aromatic N) is 3. The van der Waals surface area contributed by atoms with Gasteiger partial charge in [0, 0.05) is 43.5 Å². The first-order valence-corrected chi connectivity index (χ1v) is 10.1. The second kappa shape index (κ2) is 8.15. The van der Waals surface area contributed by atoms with Crippen molar-refractivity contribution in [1.29, 1.82) is 0 Å². The summed E-state index contributed by atoms with van der Waals surface area (Å²) in [5.74, 6) is 0.229. The number of rotatable bonds is 3. The number of aryl methyl sites for hydroxylation is 1. The Morgan fingerprint density at radius 2 is 1.61 bits per heavy atom. The Labute approximate surface area is 166 Å². The third-order valence-electron chi connectivity index (χ3n) is 5.83. The molecule has 2 aliphatic rings. The van der Waals surface area contributed by atoms with Crippen molar-refractivity contribution in [3.63, 3.8) is 0 Å². The molecule has 5 nitrogen and oxygen atoms in total. The lowest BCUT2D eigenvalue weighted by Gasteiger charge is -2.38. The smallest absolute Gasteiger partial charge is 0.253 e. The predicted octanol–water partition coefficient (Wildman–Crippen LogP) is 2.81. The third-order valence-corrected chi connectivity index (χ3v) is 5.83. The molecule has 2 heterocycles. The molecule has 4 rings (SSSR count). The van der Waals surface area contributed by atoms with E-state index in [9.17, 15) is 9.59 Å². The van der Waals surface area contributed by atoms with Crippen LogP contribution < -0.4 is 4.90 Å². The highest BCUT2D eigenvalue weighted by molar-refractivity contribution is 5.96. The molecule has 2 amide bonds. The zero-order valence-corrected chi connectivity index (χ0v) is 16.4. The fraction of sp³-hybridized carbons (Fsp3) is 0.391. The van der Waals surface area contributed by atoms with Gasteiger partial charge in [-0.25, -0.2) is 0 Å². The van der Waals surface area contributed by atoms with E-state index >= 15 is 0 Å². The molecule has 0 aliphatic carbocycles. The number of anilines is 1. The summed E-state index contributed by atoms with van der Waals surface area (Å²) in [6, 6.07) is 17.9. The van der Waals surface area contributed by atoms with E-state index in [2.05, 4.69) is 24.0 Å². The molecule has 0 saturated carbocycles. The van der Waals surface area contributed by atoms with Crippen molar-refractivity contribution < 1.29 is 9.59 Å². The maximum Gasteiger partial charge on any atom is 0.253 e. The minimum absolute atomic E-state index is 0.0742. The van der Waals surface area contributed by atoms with Gasteiger partial charge in [-0.15, -0.1) is 0 Å². The van der Waals surface area contributed by atoms with Gasteiger partial charge in [-0.05, 0) is 43.5 Å². The highest BCUT2D eigenvalue weighted by atomic mass is 16.2. The molecule has 5 heteroatoms. The van der Waals surface area contributed by atoms with Gasteiger partial charge in [-0.3, -0.25) is 14.5 Å². The van der Waals surface area contributed by atoms with E-state index in [0.29, 0.717) is 19.6 Å². The molecule has 1 saturated heterocycles. The zero-order chi connectivity index (χ0) is 19.5. The number of carbonyl (C=O) groups is 2. The van der Waals surface area contributed by atoms with Gasteiger partial charge < -0.3 is 9.80 Å². The van der Waals surface area contributed by atoms with Gasteiger partial charge in [-0.1, -0.05) is 36.4 Å². The molecule has 1 atom stereocenters. The number of carbonyl (C=O) groups excluding carboxylic acids is 2. The van der Waals surface area contributed by atoms with Gasteiger partial charge >= 0.3 is 0 Å². The van der Waals surface area contributed by atoms with Gasteiger partial charge in [0.15, 0.2) is 0 Å². The minimum Gasteiger partial charge on any atom is -0.336 e. The molecule has 1 fully saturated rings. The van der Waals surface area contributed by atoms with Gasteiger partial charge in [0.2, 0.25) is 5.91 Å². The first-order chi connectivity index (χ1) is 13.6. The highest BCUT2D eigenvalue weighted by Gasteiger charge is 2.30. The fourth-order valence-electron chi connectivity index (χ4n) is 4.21. The van der Waals surface area contributed by atoms with Crippen LogP contribution in [0.5, 0.6) is 0 Å². The average Bonchev–Trinajstić information content (AvgIpc) is 2.74. The summed E-state index contributed by atoms with van der Waals surface area (Å²) in [7, 11) is 0. The molecule has 0 bridgehead atoms. The zero-order valence-electron chi connectivity index (χ0n) is 16.4. The molecule has 146 valence electrons. The Morgan fingerprint density at radius 3 is 2.36 bits per heavy atom. The van der Waals surface area contributed by atoms with E-state index in [1.54, 1.807) is 0 Å². The lowest BCUT2D eigenvalue weighted by Crippen LogP contribution is -2.53. The summed E-state index contributed by atoms with van der Waals surface area (Å²) in [6.07, 6.45) is 2.03. The van der Waals surface area contributed by atoms with Crippen LogP contribution in [0.15, 0.2) is 54.6 Å². The Morgan fingerprint density at radius 1 is 0.929 bits per heavy atom. The average molecular weight is 377 g/mol. The van der Waals surface area contributed by atoms with Crippen LogP contribution in [0.3, 0.4) is 0 Å². The first kappa shape index (κ1) is 18.7. The van der Waals surface area contributed by atoms with Crippen molar-refractivity contribution in [2.24, 2.45) is 0 Å². The van der Waals surface area contributed by atoms with Crippen molar-refractivity contribution in [3.8, 4) is 0 Å². The number of hydrogen-bond acceptors (Lipinski definition) is 3. The largest absolute Gasteiger partial charge is 0.336 e. The Kier molecular flexibility index (Phi) is 5.44. The number of para-hydroxylation sites is 1. The Hall–Kier alpha value is -2.66. The standard InChI is InChI=1S/C23H27N3O2/c1-18-11-12-19-7-5-6-10-21(19)26(18)22(27)17-24-13-15-25(16-14-24)23(28)20-8-3-2-4-9-20/h2-10,18H,11-17H2,1H3. The lowest BCUT2D eigenvalue weighted by atomic mass is 9.96. The Balaban J connectivity index is 1.36. The fourth-order valence-corrected chi connectivity index (χ4v) is 4.21. The van der Waals surface area contributed by atoms with E-state index < -0.39 is 0 Å². The molecule has 1 unspecified atom stereocenters. The second-order valence-electron chi connectivity index (χ2n) is 7.71. The van der Waals surface area contributed by atoms with Gasteiger partial charge in [0.1, 0.15) is 0 Å². The van der Waals surface area contributed by atoms with Crippen molar-refractivity contribution in [2.75, 3.05) is 37.6 Å². The van der Waals surface area contributed by atoms with Crippen LogP contribution in [0.4, 0.5) is 5.69 Å². The van der Waals surface area contributed by atoms with Crippen LogP contribution in [-0.2, 0) is 11.2 Å². The summed E-state index contributed by atoms with van der Waals surface area (Å²) in [5.41, 5.74) is 3.04. The predicted molar refractivity (Wildman–Crippen MR) is 110 cm³/mol. The third kappa shape index (κ3) is 3.80. The van der Waals surface area contributed by atoms with Crippen molar-refractivity contribution in [3.05, 3.63) is 65.7 Å². The van der Waals surface area contributed by atoms with E-state index in [1.807, 2.05) is 52.3 Å². The molecular formula is C23H27N3O2. The van der Waals surface area contributed by atoms with E-state index in [0.717, 1.165) is 37.2 Å². The monoisotopic (exact) mass is 377 g/mol. The van der Waals surface area contributed by atoms with Crippen LogP contribution in [0.1, 0.15) is 29.3 Å². The summed E-state index contributed by atoms with van der Waals surface area (Å²) < 4.78 is 0. The van der Waals surface area contributed by atoms with E-state index in [-0.39, 0.29) is 17.9 Å². The van der Waals surface area contributed by atoms with Crippen LogP contribution >= 0.6 is 0 Å². The number of hydrogen-bond donors (Lipinski definition) is 0. The van der Waals surface area contributed by atoms with Crippen molar-refractivity contribution in [1.82, 2.24) is 9.80 Å². The molecular weight excluding hydrogens is 350 g/mol.